The number of aryl methyl sites for hydroxylation is 1. The average molecular weight is 292 g/mol. The Hall–Kier alpha value is -1.94. The molecule has 0 unspecified atom stereocenters. The molecule has 2 aromatic carbocycles. The number of ether oxygens (including phenoxy) is 2. The number of hydrogen-bond donors (Lipinski definition) is 0. The summed E-state index contributed by atoms with van der Waals surface area (Å²) in [5, 5.41) is 0.492. The SMILES string of the molecule is CC=CCCc1ccc2c(F)c(OCOC)cc(F)c2c1. The van der Waals surface area contributed by atoms with E-state index in [4.69, 9.17) is 9.47 Å². The summed E-state index contributed by atoms with van der Waals surface area (Å²) < 4.78 is 38.1. The lowest BCUT2D eigenvalue weighted by atomic mass is 10.0. The maximum atomic E-state index is 14.3. The molecule has 0 radical (unpaired) electrons. The molecule has 0 saturated heterocycles. The number of allylic oxidation sites excluding steroid dienone is 2. The van der Waals surface area contributed by atoms with E-state index >= 15 is 0 Å². The summed E-state index contributed by atoms with van der Waals surface area (Å²) in [5.41, 5.74) is 0.976. The van der Waals surface area contributed by atoms with Crippen molar-refractivity contribution in [2.75, 3.05) is 13.9 Å². The second-order valence-corrected chi connectivity index (χ2v) is 4.71. The Morgan fingerprint density at radius 1 is 1.14 bits per heavy atom. The molecule has 0 aliphatic heterocycles. The maximum Gasteiger partial charge on any atom is 0.188 e. The van der Waals surface area contributed by atoms with Gasteiger partial charge >= 0.3 is 0 Å². The third kappa shape index (κ3) is 3.58. The van der Waals surface area contributed by atoms with Crippen LogP contribution in [0.15, 0.2) is 36.4 Å². The Balaban J connectivity index is 2.37. The van der Waals surface area contributed by atoms with Gasteiger partial charge in [-0.3, -0.25) is 0 Å². The first-order chi connectivity index (χ1) is 10.2. The molecule has 112 valence electrons. The van der Waals surface area contributed by atoms with Crippen LogP contribution in [0.3, 0.4) is 0 Å². The van der Waals surface area contributed by atoms with Crippen LogP contribution in [-0.4, -0.2) is 13.9 Å². The predicted molar refractivity (Wildman–Crippen MR) is 79.5 cm³/mol. The van der Waals surface area contributed by atoms with Gasteiger partial charge in [0.15, 0.2) is 18.4 Å². The van der Waals surface area contributed by atoms with E-state index in [-0.39, 0.29) is 23.3 Å². The first kappa shape index (κ1) is 15.4. The van der Waals surface area contributed by atoms with Gasteiger partial charge in [-0.25, -0.2) is 8.78 Å². The van der Waals surface area contributed by atoms with Gasteiger partial charge in [0.25, 0.3) is 0 Å². The smallest absolute Gasteiger partial charge is 0.188 e. The molecule has 0 aliphatic carbocycles. The molecule has 0 aromatic heterocycles. The molecule has 0 amide bonds. The monoisotopic (exact) mass is 292 g/mol. The van der Waals surface area contributed by atoms with E-state index in [0.29, 0.717) is 0 Å². The first-order valence-electron chi connectivity index (χ1n) is 6.81. The van der Waals surface area contributed by atoms with E-state index in [1.165, 1.54) is 7.11 Å². The fraction of sp³-hybridized carbons (Fsp3) is 0.294. The van der Waals surface area contributed by atoms with E-state index in [9.17, 15) is 8.78 Å². The van der Waals surface area contributed by atoms with Gasteiger partial charge in [0.05, 0.1) is 0 Å². The third-order valence-electron chi connectivity index (χ3n) is 3.22. The highest BCUT2D eigenvalue weighted by Gasteiger charge is 2.13. The quantitative estimate of drug-likeness (QED) is 0.572. The molecular formula is C17H18F2O2. The second-order valence-electron chi connectivity index (χ2n) is 4.71. The van der Waals surface area contributed by atoms with Gasteiger partial charge < -0.3 is 9.47 Å². The van der Waals surface area contributed by atoms with Gasteiger partial charge in [0, 0.05) is 23.9 Å². The van der Waals surface area contributed by atoms with Crippen molar-refractivity contribution >= 4 is 10.8 Å². The van der Waals surface area contributed by atoms with Crippen molar-refractivity contribution in [3.8, 4) is 5.75 Å². The fourth-order valence-corrected chi connectivity index (χ4v) is 2.17. The topological polar surface area (TPSA) is 18.5 Å². The van der Waals surface area contributed by atoms with Gasteiger partial charge in [0.2, 0.25) is 0 Å². The van der Waals surface area contributed by atoms with Gasteiger partial charge in [-0.15, -0.1) is 0 Å². The largest absolute Gasteiger partial charge is 0.464 e. The molecule has 2 aromatic rings. The normalized spacial score (nSPS) is 11.4. The van der Waals surface area contributed by atoms with Crippen molar-refractivity contribution in [3.63, 3.8) is 0 Å². The molecule has 0 atom stereocenters. The molecule has 0 bridgehead atoms. The minimum Gasteiger partial charge on any atom is -0.464 e. The van der Waals surface area contributed by atoms with Crippen LogP contribution in [-0.2, 0) is 11.2 Å². The van der Waals surface area contributed by atoms with Crippen LogP contribution >= 0.6 is 0 Å². The van der Waals surface area contributed by atoms with Crippen molar-refractivity contribution < 1.29 is 18.3 Å². The number of hydrogen-bond acceptors (Lipinski definition) is 2. The summed E-state index contributed by atoms with van der Waals surface area (Å²) in [6, 6.07) is 6.16. The molecule has 2 nitrogen and oxygen atoms in total. The maximum absolute atomic E-state index is 14.3. The number of methoxy groups -OCH3 is 1. The van der Waals surface area contributed by atoms with Gasteiger partial charge in [-0.2, -0.15) is 0 Å². The van der Waals surface area contributed by atoms with Crippen LogP contribution < -0.4 is 4.74 Å². The minimum absolute atomic E-state index is 0.122. The number of fused-ring (bicyclic) bond motifs is 1. The molecular weight excluding hydrogens is 274 g/mol. The molecule has 0 N–H and O–H groups in total. The average Bonchev–Trinajstić information content (AvgIpc) is 2.50. The standard InChI is InChI=1S/C17H18F2O2/c1-3-4-5-6-12-7-8-13-14(9-12)15(18)10-16(17(13)19)21-11-20-2/h3-4,7-10H,5-6,11H2,1-2H3. The summed E-state index contributed by atoms with van der Waals surface area (Å²) in [7, 11) is 1.42. The number of rotatable bonds is 6. The van der Waals surface area contributed by atoms with Crippen molar-refractivity contribution in [1.29, 1.82) is 0 Å². The van der Waals surface area contributed by atoms with E-state index in [0.717, 1.165) is 24.5 Å². The highest BCUT2D eigenvalue weighted by molar-refractivity contribution is 5.86. The Kier molecular flexibility index (Phi) is 5.28. The molecule has 0 spiro atoms. The van der Waals surface area contributed by atoms with Crippen molar-refractivity contribution in [1.82, 2.24) is 0 Å². The Morgan fingerprint density at radius 3 is 2.67 bits per heavy atom. The number of benzene rings is 2. The summed E-state index contributed by atoms with van der Waals surface area (Å²) in [4.78, 5) is 0. The van der Waals surface area contributed by atoms with Crippen LogP contribution in [0.5, 0.6) is 5.75 Å². The molecule has 2 rings (SSSR count). The lowest BCUT2D eigenvalue weighted by Crippen LogP contribution is -2.02. The van der Waals surface area contributed by atoms with Gasteiger partial charge in [-0.1, -0.05) is 24.3 Å². The zero-order chi connectivity index (χ0) is 15.2. The van der Waals surface area contributed by atoms with Gasteiger partial charge in [0.1, 0.15) is 5.82 Å². The van der Waals surface area contributed by atoms with E-state index in [1.807, 2.05) is 25.1 Å². The number of halogens is 2. The molecule has 0 saturated carbocycles. The lowest BCUT2D eigenvalue weighted by molar-refractivity contribution is 0.0483. The highest BCUT2D eigenvalue weighted by atomic mass is 19.1. The fourth-order valence-electron chi connectivity index (χ4n) is 2.17. The Labute approximate surface area is 123 Å². The molecule has 0 fully saturated rings. The summed E-state index contributed by atoms with van der Waals surface area (Å²) in [6.45, 7) is 1.83. The molecule has 21 heavy (non-hydrogen) atoms. The van der Waals surface area contributed by atoms with Crippen molar-refractivity contribution in [2.45, 2.75) is 19.8 Å². The predicted octanol–water partition coefficient (Wildman–Crippen LogP) is 4.61. The Bertz CT molecular complexity index is 651. The Morgan fingerprint density at radius 2 is 1.95 bits per heavy atom. The van der Waals surface area contributed by atoms with E-state index in [2.05, 4.69) is 0 Å². The van der Waals surface area contributed by atoms with Crippen LogP contribution in [0.2, 0.25) is 0 Å². The van der Waals surface area contributed by atoms with Crippen molar-refractivity contribution in [2.24, 2.45) is 0 Å². The minimum atomic E-state index is -0.566. The zero-order valence-electron chi connectivity index (χ0n) is 12.2. The van der Waals surface area contributed by atoms with Crippen molar-refractivity contribution in [3.05, 3.63) is 53.6 Å². The van der Waals surface area contributed by atoms with Crippen LogP contribution in [0.4, 0.5) is 8.78 Å². The molecule has 0 heterocycles. The van der Waals surface area contributed by atoms with E-state index in [1.54, 1.807) is 12.1 Å². The molecule has 0 aliphatic rings. The van der Waals surface area contributed by atoms with Crippen LogP contribution in [0.25, 0.3) is 10.8 Å². The van der Waals surface area contributed by atoms with E-state index < -0.39 is 11.6 Å². The second kappa shape index (κ2) is 7.18. The highest BCUT2D eigenvalue weighted by Crippen LogP contribution is 2.30. The third-order valence-corrected chi connectivity index (χ3v) is 3.22. The summed E-state index contributed by atoms with van der Waals surface area (Å²) in [6.07, 6.45) is 5.69. The first-order valence-corrected chi connectivity index (χ1v) is 6.81. The lowest BCUT2D eigenvalue weighted by Gasteiger charge is -2.10. The summed E-state index contributed by atoms with van der Waals surface area (Å²) in [5.74, 6) is -1.20. The van der Waals surface area contributed by atoms with Crippen LogP contribution in [0, 0.1) is 11.6 Å². The molecule has 4 heteroatoms. The summed E-state index contributed by atoms with van der Waals surface area (Å²) >= 11 is 0. The zero-order valence-corrected chi connectivity index (χ0v) is 12.2. The van der Waals surface area contributed by atoms with Crippen LogP contribution in [0.1, 0.15) is 18.9 Å². The van der Waals surface area contributed by atoms with Gasteiger partial charge in [-0.05, 0) is 31.4 Å².